The van der Waals surface area contributed by atoms with Crippen molar-refractivity contribution in [2.45, 2.75) is 27.7 Å². The molecule has 0 spiro atoms. The molecule has 0 N–H and O–H groups in total. The van der Waals surface area contributed by atoms with E-state index in [9.17, 15) is 0 Å². The number of nitrogens with zero attached hydrogens (tertiary/aromatic N) is 2. The van der Waals surface area contributed by atoms with Gasteiger partial charge in [-0.05, 0) is 100 Å². The Labute approximate surface area is 255 Å². The second kappa shape index (κ2) is 12.3. The van der Waals surface area contributed by atoms with E-state index in [1.54, 1.807) is 0 Å². The zero-order valence-electron chi connectivity index (χ0n) is 25.2. The maximum absolute atomic E-state index is 6.53. The summed E-state index contributed by atoms with van der Waals surface area (Å²) in [6, 6.07) is 51.1. The van der Waals surface area contributed by atoms with E-state index < -0.39 is 0 Å². The van der Waals surface area contributed by atoms with Crippen LogP contribution in [0.5, 0.6) is 11.5 Å². The lowest BCUT2D eigenvalue weighted by Gasteiger charge is -2.27. The van der Waals surface area contributed by atoms with Crippen LogP contribution in [0.3, 0.4) is 0 Å². The van der Waals surface area contributed by atoms with Gasteiger partial charge in [-0.3, -0.25) is 0 Å². The van der Waals surface area contributed by atoms with E-state index in [0.29, 0.717) is 0 Å². The number of ether oxygens (including phenoxy) is 1. The van der Waals surface area contributed by atoms with E-state index in [2.05, 4.69) is 171 Å². The number of benzene rings is 6. The van der Waals surface area contributed by atoms with Crippen molar-refractivity contribution in [1.29, 1.82) is 0 Å². The lowest BCUT2D eigenvalue weighted by molar-refractivity contribution is 0.483. The van der Waals surface area contributed by atoms with Crippen molar-refractivity contribution in [3.8, 4) is 11.5 Å². The van der Waals surface area contributed by atoms with Crippen molar-refractivity contribution < 1.29 is 4.74 Å². The molecule has 212 valence electrons. The molecular weight excluding hydrogens is 524 g/mol. The number of rotatable bonds is 8. The Kier molecular flexibility index (Phi) is 7.97. The molecule has 0 atom stereocenters. The van der Waals surface area contributed by atoms with Crippen molar-refractivity contribution in [2.24, 2.45) is 0 Å². The van der Waals surface area contributed by atoms with Crippen LogP contribution < -0.4 is 14.5 Å². The van der Waals surface area contributed by atoms with Gasteiger partial charge in [0, 0.05) is 46.3 Å². The first-order chi connectivity index (χ1) is 20.9. The van der Waals surface area contributed by atoms with Gasteiger partial charge in [-0.1, -0.05) is 82.9 Å². The second-order valence-electron chi connectivity index (χ2n) is 11.1. The number of anilines is 6. The minimum absolute atomic E-state index is 0.774. The predicted octanol–water partition coefficient (Wildman–Crippen LogP) is 11.7. The molecule has 0 radical (unpaired) electrons. The van der Waals surface area contributed by atoms with Gasteiger partial charge in [0.1, 0.15) is 11.5 Å². The fourth-order valence-corrected chi connectivity index (χ4v) is 5.18. The van der Waals surface area contributed by atoms with Crippen molar-refractivity contribution >= 4 is 34.1 Å². The van der Waals surface area contributed by atoms with E-state index in [-0.39, 0.29) is 0 Å². The number of aryl methyl sites for hydroxylation is 4. The van der Waals surface area contributed by atoms with Gasteiger partial charge in [-0.25, -0.2) is 0 Å². The quantitative estimate of drug-likeness (QED) is 0.184. The van der Waals surface area contributed by atoms with Gasteiger partial charge >= 0.3 is 0 Å². The molecule has 0 aliphatic heterocycles. The van der Waals surface area contributed by atoms with Crippen molar-refractivity contribution in [1.82, 2.24) is 0 Å². The van der Waals surface area contributed by atoms with Crippen LogP contribution in [0.25, 0.3) is 0 Å². The molecule has 0 bridgehead atoms. The SMILES string of the molecule is Cc1ccc(N(c2ccc(C)cc2)c2cccc(Oc3cccc(N(c4ccc(C)cc4)c4ccc(C)cc4)c3)c2)cc1. The highest BCUT2D eigenvalue weighted by Gasteiger charge is 2.15. The first-order valence-electron chi connectivity index (χ1n) is 14.7. The smallest absolute Gasteiger partial charge is 0.129 e. The van der Waals surface area contributed by atoms with Crippen LogP contribution in [-0.2, 0) is 0 Å². The summed E-state index contributed by atoms with van der Waals surface area (Å²) in [6.07, 6.45) is 0. The number of hydrogen-bond donors (Lipinski definition) is 0. The standard InChI is InChI=1S/C40H36N2O/c1-29-11-19-33(20-12-29)41(34-21-13-30(2)14-22-34)37-7-5-9-39(27-37)43-40-10-6-8-38(28-40)42(35-23-15-31(3)16-24-35)36-25-17-32(4)18-26-36/h5-28H,1-4H3. The predicted molar refractivity (Wildman–Crippen MR) is 181 cm³/mol. The second-order valence-corrected chi connectivity index (χ2v) is 11.1. The van der Waals surface area contributed by atoms with Crippen LogP contribution in [0.2, 0.25) is 0 Å². The fourth-order valence-electron chi connectivity index (χ4n) is 5.18. The molecule has 0 heterocycles. The Morgan fingerprint density at radius 3 is 0.884 bits per heavy atom. The Bertz CT molecular complexity index is 1580. The van der Waals surface area contributed by atoms with Crippen LogP contribution in [0, 0.1) is 27.7 Å². The van der Waals surface area contributed by atoms with Crippen molar-refractivity contribution in [3.05, 3.63) is 168 Å². The van der Waals surface area contributed by atoms with Gasteiger partial charge in [0.15, 0.2) is 0 Å². The van der Waals surface area contributed by atoms with Crippen molar-refractivity contribution in [2.75, 3.05) is 9.80 Å². The molecule has 3 nitrogen and oxygen atoms in total. The normalized spacial score (nSPS) is 10.8. The maximum Gasteiger partial charge on any atom is 0.129 e. The van der Waals surface area contributed by atoms with Crippen molar-refractivity contribution in [3.63, 3.8) is 0 Å². The lowest BCUT2D eigenvalue weighted by Crippen LogP contribution is -2.10. The molecule has 43 heavy (non-hydrogen) atoms. The van der Waals surface area contributed by atoms with E-state index in [1.807, 2.05) is 12.1 Å². The van der Waals surface area contributed by atoms with Crippen LogP contribution in [-0.4, -0.2) is 0 Å². The van der Waals surface area contributed by atoms with E-state index in [0.717, 1.165) is 45.6 Å². The molecule has 0 aromatic heterocycles. The molecular formula is C40H36N2O. The molecule has 6 aromatic carbocycles. The third-order valence-electron chi connectivity index (χ3n) is 7.56. The molecule has 6 rings (SSSR count). The number of hydrogen-bond acceptors (Lipinski definition) is 3. The van der Waals surface area contributed by atoms with Crippen LogP contribution >= 0.6 is 0 Å². The molecule has 0 aliphatic rings. The Morgan fingerprint density at radius 2 is 0.605 bits per heavy atom. The summed E-state index contributed by atoms with van der Waals surface area (Å²) in [5.74, 6) is 1.55. The maximum atomic E-state index is 6.53. The molecule has 0 fully saturated rings. The zero-order chi connectivity index (χ0) is 29.8. The van der Waals surface area contributed by atoms with E-state index >= 15 is 0 Å². The average Bonchev–Trinajstić information content (AvgIpc) is 3.02. The molecule has 0 amide bonds. The van der Waals surface area contributed by atoms with Crippen LogP contribution in [0.4, 0.5) is 34.1 Å². The topological polar surface area (TPSA) is 15.7 Å². The van der Waals surface area contributed by atoms with Gasteiger partial charge < -0.3 is 14.5 Å². The summed E-state index contributed by atoms with van der Waals surface area (Å²) < 4.78 is 6.53. The van der Waals surface area contributed by atoms with E-state index in [1.165, 1.54) is 22.3 Å². The van der Waals surface area contributed by atoms with Gasteiger partial charge in [-0.15, -0.1) is 0 Å². The summed E-state index contributed by atoms with van der Waals surface area (Å²) in [5.41, 5.74) is 11.4. The van der Waals surface area contributed by atoms with Gasteiger partial charge in [-0.2, -0.15) is 0 Å². The van der Waals surface area contributed by atoms with Crippen LogP contribution in [0.15, 0.2) is 146 Å². The molecule has 3 heteroatoms. The third kappa shape index (κ3) is 6.47. The van der Waals surface area contributed by atoms with E-state index in [4.69, 9.17) is 4.74 Å². The molecule has 0 saturated heterocycles. The first-order valence-corrected chi connectivity index (χ1v) is 14.7. The highest BCUT2D eigenvalue weighted by molar-refractivity contribution is 5.79. The minimum Gasteiger partial charge on any atom is -0.457 e. The zero-order valence-corrected chi connectivity index (χ0v) is 25.2. The molecule has 0 saturated carbocycles. The first kappa shape index (κ1) is 27.9. The summed E-state index contributed by atoms with van der Waals surface area (Å²) >= 11 is 0. The summed E-state index contributed by atoms with van der Waals surface area (Å²) in [5, 5.41) is 0. The summed E-state index contributed by atoms with van der Waals surface area (Å²) in [7, 11) is 0. The van der Waals surface area contributed by atoms with Gasteiger partial charge in [0.2, 0.25) is 0 Å². The lowest BCUT2D eigenvalue weighted by atomic mass is 10.1. The average molecular weight is 561 g/mol. The molecule has 0 unspecified atom stereocenters. The van der Waals surface area contributed by atoms with Gasteiger partial charge in [0.25, 0.3) is 0 Å². The minimum atomic E-state index is 0.774. The Balaban J connectivity index is 1.35. The summed E-state index contributed by atoms with van der Waals surface area (Å²) in [6.45, 7) is 8.45. The summed E-state index contributed by atoms with van der Waals surface area (Å²) in [4.78, 5) is 4.53. The highest BCUT2D eigenvalue weighted by atomic mass is 16.5. The highest BCUT2D eigenvalue weighted by Crippen LogP contribution is 2.39. The molecule has 6 aromatic rings. The molecule has 0 aliphatic carbocycles. The van der Waals surface area contributed by atoms with Gasteiger partial charge in [0.05, 0.1) is 0 Å². The van der Waals surface area contributed by atoms with Crippen LogP contribution in [0.1, 0.15) is 22.3 Å². The Hall–Kier alpha value is -5.28. The largest absolute Gasteiger partial charge is 0.457 e. The monoisotopic (exact) mass is 560 g/mol. The Morgan fingerprint density at radius 1 is 0.326 bits per heavy atom. The fraction of sp³-hybridized carbons (Fsp3) is 0.100. The third-order valence-corrected chi connectivity index (χ3v) is 7.56.